The summed E-state index contributed by atoms with van der Waals surface area (Å²) < 4.78 is 0. The number of amides is 1. The minimum absolute atomic E-state index is 0.0999. The van der Waals surface area contributed by atoms with Crippen molar-refractivity contribution in [1.29, 1.82) is 0 Å². The molecule has 1 aromatic rings. The lowest BCUT2D eigenvalue weighted by atomic mass is 10.1. The first-order valence-electron chi connectivity index (χ1n) is 7.06. The first-order valence-corrected chi connectivity index (χ1v) is 7.88. The molecule has 0 aliphatic carbocycles. The van der Waals surface area contributed by atoms with E-state index in [4.69, 9.17) is 0 Å². The predicted octanol–water partition coefficient (Wildman–Crippen LogP) is 3.45. The third-order valence-corrected chi connectivity index (χ3v) is 4.62. The molecule has 2 aliphatic rings. The maximum Gasteiger partial charge on any atom is 0.286 e. The van der Waals surface area contributed by atoms with Crippen molar-refractivity contribution < 1.29 is 4.79 Å². The maximum atomic E-state index is 12.0. The van der Waals surface area contributed by atoms with Crippen LogP contribution < -0.4 is 0 Å². The van der Waals surface area contributed by atoms with Crippen LogP contribution in [-0.2, 0) is 4.79 Å². The number of aliphatic imine (C=N–C) groups is 1. The number of aryl methyl sites for hydroxylation is 1. The summed E-state index contributed by atoms with van der Waals surface area (Å²) in [6, 6.07) is 8.17. The van der Waals surface area contributed by atoms with Gasteiger partial charge >= 0.3 is 0 Å². The van der Waals surface area contributed by atoms with Gasteiger partial charge in [0.1, 0.15) is 0 Å². The first-order chi connectivity index (χ1) is 9.72. The highest BCUT2D eigenvalue weighted by Gasteiger charge is 2.26. The Kier molecular flexibility index (Phi) is 3.92. The van der Waals surface area contributed by atoms with Gasteiger partial charge in [-0.05, 0) is 49.6 Å². The van der Waals surface area contributed by atoms with E-state index in [0.717, 1.165) is 28.7 Å². The highest BCUT2D eigenvalue weighted by atomic mass is 32.2. The Labute approximate surface area is 123 Å². The Morgan fingerprint density at radius 3 is 2.80 bits per heavy atom. The number of thioether (sulfide) groups is 1. The van der Waals surface area contributed by atoms with Gasteiger partial charge in [-0.1, -0.05) is 29.8 Å². The average Bonchev–Trinajstić information content (AvgIpc) is 2.81. The van der Waals surface area contributed by atoms with E-state index in [2.05, 4.69) is 28.9 Å². The van der Waals surface area contributed by atoms with Crippen LogP contribution >= 0.6 is 11.8 Å². The van der Waals surface area contributed by atoms with Crippen LogP contribution in [0.25, 0.3) is 6.08 Å². The third-order valence-electron chi connectivity index (χ3n) is 3.58. The summed E-state index contributed by atoms with van der Waals surface area (Å²) in [5, 5.41) is 0.883. The van der Waals surface area contributed by atoms with Crippen molar-refractivity contribution in [2.75, 3.05) is 13.1 Å². The van der Waals surface area contributed by atoms with E-state index in [-0.39, 0.29) is 5.91 Å². The number of amidine groups is 1. The summed E-state index contributed by atoms with van der Waals surface area (Å²) in [5.74, 6) is -0.0999. The summed E-state index contributed by atoms with van der Waals surface area (Å²) in [6.07, 6.45) is 5.63. The number of nitrogens with zero attached hydrogens (tertiary/aromatic N) is 2. The van der Waals surface area contributed by atoms with Crippen LogP contribution in [0.15, 0.2) is 34.2 Å². The lowest BCUT2D eigenvalue weighted by Crippen LogP contribution is -2.33. The fraction of sp³-hybridized carbons (Fsp3) is 0.375. The zero-order valence-electron chi connectivity index (χ0n) is 11.6. The second-order valence-corrected chi connectivity index (χ2v) is 6.28. The van der Waals surface area contributed by atoms with Crippen LogP contribution in [0.3, 0.4) is 0 Å². The number of carbonyl (C=O) groups excluding carboxylic acids is 1. The van der Waals surface area contributed by atoms with E-state index < -0.39 is 0 Å². The number of piperidine rings is 1. The molecule has 0 N–H and O–H groups in total. The molecule has 2 aliphatic heterocycles. The van der Waals surface area contributed by atoms with Crippen molar-refractivity contribution in [3.63, 3.8) is 0 Å². The van der Waals surface area contributed by atoms with Crippen LogP contribution in [0.1, 0.15) is 30.4 Å². The van der Waals surface area contributed by atoms with E-state index >= 15 is 0 Å². The molecule has 2 heterocycles. The molecule has 0 atom stereocenters. The predicted molar refractivity (Wildman–Crippen MR) is 84.6 cm³/mol. The normalized spacial score (nSPS) is 21.4. The second-order valence-electron chi connectivity index (χ2n) is 5.27. The number of carbonyl (C=O) groups is 1. The highest BCUT2D eigenvalue weighted by molar-refractivity contribution is 8.18. The minimum atomic E-state index is -0.0999. The lowest BCUT2D eigenvalue weighted by molar-refractivity contribution is -0.113. The van der Waals surface area contributed by atoms with Crippen molar-refractivity contribution in [2.24, 2.45) is 4.99 Å². The molecule has 1 aromatic carbocycles. The molecule has 1 fully saturated rings. The molecular formula is C16H18N2OS. The fourth-order valence-corrected chi connectivity index (χ4v) is 3.49. The van der Waals surface area contributed by atoms with Gasteiger partial charge in [0, 0.05) is 13.1 Å². The smallest absolute Gasteiger partial charge is 0.286 e. The van der Waals surface area contributed by atoms with Crippen LogP contribution in [0, 0.1) is 6.92 Å². The highest BCUT2D eigenvalue weighted by Crippen LogP contribution is 2.31. The molecule has 20 heavy (non-hydrogen) atoms. The SMILES string of the molecule is Cc1cccc(/C=C2/SC(N3CCCCC3)=NC2=O)c1. The molecule has 3 rings (SSSR count). The molecule has 1 amide bonds. The number of likely N-dealkylation sites (tertiary alicyclic amines) is 1. The van der Waals surface area contributed by atoms with Crippen LogP contribution in [0.4, 0.5) is 0 Å². The first kappa shape index (κ1) is 13.4. The van der Waals surface area contributed by atoms with Crippen molar-refractivity contribution in [1.82, 2.24) is 4.90 Å². The fourth-order valence-electron chi connectivity index (χ4n) is 2.53. The Morgan fingerprint density at radius 2 is 2.05 bits per heavy atom. The Balaban J connectivity index is 1.76. The molecule has 0 radical (unpaired) electrons. The molecule has 0 aromatic heterocycles. The molecule has 104 valence electrons. The van der Waals surface area contributed by atoms with Gasteiger partial charge in [-0.25, -0.2) is 0 Å². The Morgan fingerprint density at radius 1 is 1.25 bits per heavy atom. The standard InChI is InChI=1S/C16H18N2OS/c1-12-6-5-7-13(10-12)11-14-15(19)17-16(20-14)18-8-3-2-4-9-18/h5-7,10-11H,2-4,8-9H2,1H3/b14-11+. The van der Waals surface area contributed by atoms with Gasteiger partial charge in [-0.15, -0.1) is 0 Å². The van der Waals surface area contributed by atoms with E-state index in [9.17, 15) is 4.79 Å². The lowest BCUT2D eigenvalue weighted by Gasteiger charge is -2.27. The average molecular weight is 286 g/mol. The van der Waals surface area contributed by atoms with Gasteiger partial charge in [0.05, 0.1) is 4.91 Å². The zero-order chi connectivity index (χ0) is 13.9. The molecule has 0 bridgehead atoms. The van der Waals surface area contributed by atoms with Gasteiger partial charge in [0.2, 0.25) is 0 Å². The van der Waals surface area contributed by atoms with Gasteiger partial charge in [0.25, 0.3) is 5.91 Å². The maximum absolute atomic E-state index is 12.0. The van der Waals surface area contributed by atoms with E-state index in [1.165, 1.54) is 36.6 Å². The van der Waals surface area contributed by atoms with Crippen LogP contribution in [0.2, 0.25) is 0 Å². The summed E-state index contributed by atoms with van der Waals surface area (Å²) in [6.45, 7) is 4.11. The Hall–Kier alpha value is -1.55. The molecule has 3 nitrogen and oxygen atoms in total. The number of hydrogen-bond donors (Lipinski definition) is 0. The third kappa shape index (κ3) is 2.96. The zero-order valence-corrected chi connectivity index (χ0v) is 12.4. The van der Waals surface area contributed by atoms with Crippen molar-refractivity contribution in [3.05, 3.63) is 40.3 Å². The number of rotatable bonds is 1. The molecule has 0 unspecified atom stereocenters. The quantitative estimate of drug-likeness (QED) is 0.741. The minimum Gasteiger partial charge on any atom is -0.351 e. The van der Waals surface area contributed by atoms with Crippen molar-refractivity contribution >= 4 is 28.9 Å². The Bertz CT molecular complexity index is 586. The molecular weight excluding hydrogens is 268 g/mol. The van der Waals surface area contributed by atoms with Gasteiger partial charge in [-0.2, -0.15) is 4.99 Å². The second kappa shape index (κ2) is 5.83. The van der Waals surface area contributed by atoms with E-state index in [0.29, 0.717) is 0 Å². The number of hydrogen-bond acceptors (Lipinski definition) is 3. The summed E-state index contributed by atoms with van der Waals surface area (Å²) in [5.41, 5.74) is 2.27. The largest absolute Gasteiger partial charge is 0.351 e. The summed E-state index contributed by atoms with van der Waals surface area (Å²) >= 11 is 1.51. The molecule has 0 saturated carbocycles. The van der Waals surface area contributed by atoms with E-state index in [1.807, 2.05) is 18.2 Å². The molecule has 1 saturated heterocycles. The molecule has 4 heteroatoms. The topological polar surface area (TPSA) is 32.7 Å². The van der Waals surface area contributed by atoms with Gasteiger partial charge < -0.3 is 4.90 Å². The summed E-state index contributed by atoms with van der Waals surface area (Å²) in [4.78, 5) is 19.2. The monoisotopic (exact) mass is 286 g/mol. The van der Waals surface area contributed by atoms with Gasteiger partial charge in [-0.3, -0.25) is 4.79 Å². The van der Waals surface area contributed by atoms with Crippen molar-refractivity contribution in [2.45, 2.75) is 26.2 Å². The van der Waals surface area contributed by atoms with Gasteiger partial charge in [0.15, 0.2) is 5.17 Å². The van der Waals surface area contributed by atoms with Crippen LogP contribution in [-0.4, -0.2) is 29.1 Å². The van der Waals surface area contributed by atoms with E-state index in [1.54, 1.807) is 0 Å². The molecule has 0 spiro atoms. The summed E-state index contributed by atoms with van der Waals surface area (Å²) in [7, 11) is 0. The number of benzene rings is 1. The van der Waals surface area contributed by atoms with Crippen molar-refractivity contribution in [3.8, 4) is 0 Å². The van der Waals surface area contributed by atoms with Crippen LogP contribution in [0.5, 0.6) is 0 Å².